The molecule has 10 nitrogen and oxygen atoms in total. The molecule has 1 heterocycles. The molecule has 3 rings (SSSR count). The Balaban J connectivity index is 1.79. The fraction of sp³-hybridized carbons (Fsp3) is 0.542. The van der Waals surface area contributed by atoms with Gasteiger partial charge in [-0.3, -0.25) is 10.1 Å². The molecule has 1 aromatic heterocycles. The maximum atomic E-state index is 13.2. The number of carbonyl (C=O) groups excluding carboxylic acids is 1. The molecule has 0 radical (unpaired) electrons. The molecule has 1 aliphatic rings. The molecule has 12 heteroatoms. The number of thiazole rings is 1. The normalized spacial score (nSPS) is 18.4. The van der Waals surface area contributed by atoms with Crippen molar-refractivity contribution in [3.63, 3.8) is 0 Å². The van der Waals surface area contributed by atoms with E-state index in [1.165, 1.54) is 30.6 Å². The molecule has 2 aromatic rings. The van der Waals surface area contributed by atoms with E-state index in [1.54, 1.807) is 25.4 Å². The van der Waals surface area contributed by atoms with Gasteiger partial charge in [-0.1, -0.05) is 28.6 Å². The number of rotatable bonds is 14. The summed E-state index contributed by atoms with van der Waals surface area (Å²) in [4.78, 5) is 24.1. The van der Waals surface area contributed by atoms with Crippen LogP contribution in [0.25, 0.3) is 0 Å². The number of ether oxygens (including phenoxy) is 3. The first-order valence-corrected chi connectivity index (χ1v) is 14.3. The fourth-order valence-electron chi connectivity index (χ4n) is 3.80. The lowest BCUT2D eigenvalue weighted by atomic mass is 10.1. The van der Waals surface area contributed by atoms with Crippen molar-refractivity contribution in [2.75, 3.05) is 38.5 Å². The molecule has 1 aliphatic carbocycles. The van der Waals surface area contributed by atoms with Crippen LogP contribution in [0.3, 0.4) is 0 Å². The number of methoxy groups -OCH3 is 2. The molecule has 36 heavy (non-hydrogen) atoms. The first-order chi connectivity index (χ1) is 17.4. The molecule has 1 saturated carbocycles. The van der Waals surface area contributed by atoms with E-state index < -0.39 is 15.7 Å². The Morgan fingerprint density at radius 2 is 1.92 bits per heavy atom. The molecule has 1 fully saturated rings. The third-order valence-corrected chi connectivity index (χ3v) is 8.26. The molecule has 198 valence electrons. The van der Waals surface area contributed by atoms with Gasteiger partial charge in [-0.25, -0.2) is 13.4 Å². The number of sulfone groups is 1. The minimum atomic E-state index is -3.47. The van der Waals surface area contributed by atoms with E-state index in [0.29, 0.717) is 43.4 Å². The number of nitrogens with one attached hydrogen (secondary N) is 1. The number of carbonyl (C=O) groups is 1. The average molecular weight is 540 g/mol. The molecule has 2 atom stereocenters. The predicted molar refractivity (Wildman–Crippen MR) is 137 cm³/mol. The summed E-state index contributed by atoms with van der Waals surface area (Å²) < 4.78 is 40.9. The minimum absolute atomic E-state index is 0.0265. The number of nitrogens with zero attached hydrogens (tertiary/aromatic N) is 2. The Bertz CT molecular complexity index is 1120. The highest BCUT2D eigenvalue weighted by Crippen LogP contribution is 2.25. The molecular formula is C24H33N3O7S2. The molecule has 0 bridgehead atoms. The largest absolute Gasteiger partial charge is 0.392 e. The molecule has 0 saturated heterocycles. The predicted octanol–water partition coefficient (Wildman–Crippen LogP) is 3.42. The fourth-order valence-corrected chi connectivity index (χ4v) is 5.86. The summed E-state index contributed by atoms with van der Waals surface area (Å²) in [6.07, 6.45) is 4.31. The van der Waals surface area contributed by atoms with E-state index in [2.05, 4.69) is 15.5 Å². The van der Waals surface area contributed by atoms with Crippen molar-refractivity contribution >= 4 is 37.9 Å². The standard InChI is InChI=1S/C24H33N3O7S2/c1-4-33-18-8-9-19(14-18)34-27-22(23(28)26-24-25-15-20(35-24)16-32-3)17-6-10-21(11-7-17)36(29,30)13-5-12-31-2/h6-7,10-11,15,18-19H,4-5,8-9,12-14,16H2,1-3H3,(H,25,26,28)/t18-,19-/m1/s1. The van der Waals surface area contributed by atoms with Gasteiger partial charge in [-0.15, -0.1) is 0 Å². The maximum Gasteiger partial charge on any atom is 0.280 e. The van der Waals surface area contributed by atoms with E-state index in [4.69, 9.17) is 19.0 Å². The van der Waals surface area contributed by atoms with Crippen LogP contribution in [0, 0.1) is 0 Å². The second kappa shape index (κ2) is 13.8. The Kier molecular flexibility index (Phi) is 10.8. The Hall–Kier alpha value is -2.38. The summed E-state index contributed by atoms with van der Waals surface area (Å²) in [6.45, 7) is 3.33. The lowest BCUT2D eigenvalue weighted by Gasteiger charge is -2.12. The zero-order valence-electron chi connectivity index (χ0n) is 20.8. The molecular weight excluding hydrogens is 506 g/mol. The second-order valence-electron chi connectivity index (χ2n) is 8.27. The van der Waals surface area contributed by atoms with Gasteiger partial charge in [0.25, 0.3) is 5.91 Å². The highest BCUT2D eigenvalue weighted by Gasteiger charge is 2.27. The summed E-state index contributed by atoms with van der Waals surface area (Å²) in [5, 5.41) is 7.34. The van der Waals surface area contributed by atoms with Gasteiger partial charge in [-0.2, -0.15) is 0 Å². The van der Waals surface area contributed by atoms with E-state index in [1.807, 2.05) is 6.92 Å². The number of hydrogen-bond acceptors (Lipinski definition) is 10. The van der Waals surface area contributed by atoms with Crippen LogP contribution in [-0.4, -0.2) is 70.4 Å². The Labute approximate surface area is 215 Å². The highest BCUT2D eigenvalue weighted by molar-refractivity contribution is 7.91. The van der Waals surface area contributed by atoms with Gasteiger partial charge in [0.1, 0.15) is 6.10 Å². The van der Waals surface area contributed by atoms with Crippen molar-refractivity contribution in [3.8, 4) is 0 Å². The summed E-state index contributed by atoms with van der Waals surface area (Å²) in [7, 11) is -0.355. The zero-order chi connectivity index (χ0) is 26.0. The van der Waals surface area contributed by atoms with Crippen molar-refractivity contribution in [1.82, 2.24) is 4.98 Å². The lowest BCUT2D eigenvalue weighted by Crippen LogP contribution is -2.25. The SMILES string of the molecule is CCO[C@@H]1CC[C@@H](ON=C(C(=O)Nc2ncc(COC)s2)c2ccc(S(=O)(=O)CCCOC)cc2)C1. The quantitative estimate of drug-likeness (QED) is 0.220. The van der Waals surface area contributed by atoms with Crippen LogP contribution in [0.4, 0.5) is 5.13 Å². The van der Waals surface area contributed by atoms with Crippen molar-refractivity contribution in [3.05, 3.63) is 40.9 Å². The number of benzene rings is 1. The molecule has 0 unspecified atom stereocenters. The van der Waals surface area contributed by atoms with Crippen LogP contribution >= 0.6 is 11.3 Å². The van der Waals surface area contributed by atoms with Crippen LogP contribution in [0.1, 0.15) is 43.0 Å². The van der Waals surface area contributed by atoms with Crippen molar-refractivity contribution < 1.29 is 32.3 Å². The number of amides is 1. The van der Waals surface area contributed by atoms with E-state index in [-0.39, 0.29) is 28.6 Å². The maximum absolute atomic E-state index is 13.2. The third-order valence-electron chi connectivity index (χ3n) is 5.56. The van der Waals surface area contributed by atoms with Crippen LogP contribution in [0.2, 0.25) is 0 Å². The smallest absolute Gasteiger partial charge is 0.280 e. The van der Waals surface area contributed by atoms with E-state index in [0.717, 1.165) is 17.7 Å². The summed E-state index contributed by atoms with van der Waals surface area (Å²) in [6, 6.07) is 6.06. The summed E-state index contributed by atoms with van der Waals surface area (Å²) in [5.41, 5.74) is 0.457. The molecule has 1 N–H and O–H groups in total. The first kappa shape index (κ1) is 28.2. The van der Waals surface area contributed by atoms with Gasteiger partial charge in [0.15, 0.2) is 20.7 Å². The molecule has 1 amide bonds. The highest BCUT2D eigenvalue weighted by atomic mass is 32.2. The Morgan fingerprint density at radius 1 is 1.17 bits per heavy atom. The van der Waals surface area contributed by atoms with Crippen LogP contribution in [0.15, 0.2) is 40.5 Å². The van der Waals surface area contributed by atoms with Gasteiger partial charge in [0.05, 0.1) is 28.2 Å². The third kappa shape index (κ3) is 8.07. The van der Waals surface area contributed by atoms with Gasteiger partial charge in [0, 0.05) is 45.6 Å². The summed E-state index contributed by atoms with van der Waals surface area (Å²) in [5.74, 6) is -0.537. The lowest BCUT2D eigenvalue weighted by molar-refractivity contribution is -0.110. The first-order valence-electron chi connectivity index (χ1n) is 11.8. The number of anilines is 1. The van der Waals surface area contributed by atoms with Crippen LogP contribution in [0.5, 0.6) is 0 Å². The molecule has 1 aromatic carbocycles. The second-order valence-corrected chi connectivity index (χ2v) is 11.5. The number of oxime groups is 1. The van der Waals surface area contributed by atoms with Gasteiger partial charge < -0.3 is 19.0 Å². The topological polar surface area (TPSA) is 125 Å². The van der Waals surface area contributed by atoms with Gasteiger partial charge in [-0.05, 0) is 38.3 Å². The molecule has 0 aliphatic heterocycles. The Morgan fingerprint density at radius 3 is 2.61 bits per heavy atom. The minimum Gasteiger partial charge on any atom is -0.392 e. The van der Waals surface area contributed by atoms with Gasteiger partial charge in [0.2, 0.25) is 0 Å². The van der Waals surface area contributed by atoms with Crippen molar-refractivity contribution in [1.29, 1.82) is 0 Å². The molecule has 0 spiro atoms. The van der Waals surface area contributed by atoms with Gasteiger partial charge >= 0.3 is 0 Å². The van der Waals surface area contributed by atoms with E-state index in [9.17, 15) is 13.2 Å². The zero-order valence-corrected chi connectivity index (χ0v) is 22.4. The van der Waals surface area contributed by atoms with Crippen molar-refractivity contribution in [2.24, 2.45) is 5.16 Å². The number of aromatic nitrogens is 1. The van der Waals surface area contributed by atoms with Crippen LogP contribution < -0.4 is 5.32 Å². The van der Waals surface area contributed by atoms with Crippen LogP contribution in [-0.2, 0) is 40.3 Å². The van der Waals surface area contributed by atoms with E-state index >= 15 is 0 Å². The van der Waals surface area contributed by atoms with Crippen molar-refractivity contribution in [2.45, 2.75) is 56.3 Å². The summed E-state index contributed by atoms with van der Waals surface area (Å²) >= 11 is 1.29. The average Bonchev–Trinajstić information content (AvgIpc) is 3.49. The monoisotopic (exact) mass is 539 g/mol. The number of hydrogen-bond donors (Lipinski definition) is 1.